The number of allylic oxidation sites excluding steroid dienone is 2. The predicted octanol–water partition coefficient (Wildman–Crippen LogP) is 0.721. The van der Waals surface area contributed by atoms with Crippen molar-refractivity contribution in [1.82, 2.24) is 0 Å². The van der Waals surface area contributed by atoms with Crippen molar-refractivity contribution in [2.75, 3.05) is 0 Å². The third kappa shape index (κ3) is 2.98. The molecule has 2 aromatic carbocycles. The van der Waals surface area contributed by atoms with Gasteiger partial charge in [0, 0.05) is 0 Å². The number of fused-ring (bicyclic) bond motifs is 8. The van der Waals surface area contributed by atoms with Crippen molar-refractivity contribution in [3.63, 3.8) is 0 Å². The number of hydrogen-bond acceptors (Lipinski definition) is 0. The minimum atomic E-state index is -1.80. The molecule has 3 aliphatic rings. The molecule has 0 aromatic heterocycles. The maximum Gasteiger partial charge on any atom is -1.00 e. The van der Waals surface area contributed by atoms with Crippen LogP contribution in [0.3, 0.4) is 0 Å². The first-order valence-corrected chi connectivity index (χ1v) is 20.0. The summed E-state index contributed by atoms with van der Waals surface area (Å²) >= 11 is -0.670. The normalized spacial score (nSPS) is 26.3. The first-order valence-electron chi connectivity index (χ1n) is 10.1. The number of benzene rings is 2. The van der Waals surface area contributed by atoms with E-state index >= 15 is 0 Å². The maximum atomic E-state index is 2.74. The van der Waals surface area contributed by atoms with Crippen LogP contribution >= 0.6 is 0 Å². The SMILES string of the molecule is CC1=C2c3ccccc3[CH]1[Zr+2][CH]1C(C)=C(c3ccccc31)[Si]2(C)[Si](C)(C)C.[Cl-].[Cl-]. The van der Waals surface area contributed by atoms with Crippen LogP contribution in [0, 0.1) is 0 Å². The van der Waals surface area contributed by atoms with Gasteiger partial charge in [0.05, 0.1) is 0 Å². The van der Waals surface area contributed by atoms with Crippen molar-refractivity contribution in [1.29, 1.82) is 0 Å². The van der Waals surface area contributed by atoms with Crippen molar-refractivity contribution < 1.29 is 48.0 Å². The summed E-state index contributed by atoms with van der Waals surface area (Å²) in [7, 11) is -3.23. The molecule has 0 N–H and O–H groups in total. The zero-order chi connectivity index (χ0) is 19.1. The third-order valence-electron chi connectivity index (χ3n) is 7.57. The van der Waals surface area contributed by atoms with Crippen LogP contribution < -0.4 is 24.8 Å². The van der Waals surface area contributed by atoms with Gasteiger partial charge in [-0.3, -0.25) is 0 Å². The molecule has 2 aromatic rings. The molecule has 2 unspecified atom stereocenters. The van der Waals surface area contributed by atoms with E-state index in [1.807, 2.05) is 10.4 Å². The molecule has 0 saturated carbocycles. The summed E-state index contributed by atoms with van der Waals surface area (Å²) in [5, 5.41) is 3.68. The summed E-state index contributed by atoms with van der Waals surface area (Å²) in [4.78, 5) is 0. The Kier molecular flexibility index (Phi) is 6.27. The maximum absolute atomic E-state index is 2.74. The summed E-state index contributed by atoms with van der Waals surface area (Å²) in [5.41, 5.74) is 10.2. The fourth-order valence-corrected chi connectivity index (χ4v) is 23.2. The van der Waals surface area contributed by atoms with Crippen molar-refractivity contribution in [2.45, 2.75) is 47.3 Å². The Morgan fingerprint density at radius 2 is 1.10 bits per heavy atom. The van der Waals surface area contributed by atoms with E-state index in [1.165, 1.54) is 0 Å². The molecule has 0 spiro atoms. The molecular weight excluding hydrogens is 507 g/mol. The molecule has 1 aliphatic heterocycles. The number of rotatable bonds is 1. The minimum absolute atomic E-state index is 0. The van der Waals surface area contributed by atoms with Gasteiger partial charge in [-0.2, -0.15) is 0 Å². The van der Waals surface area contributed by atoms with E-state index in [2.05, 4.69) is 88.6 Å². The van der Waals surface area contributed by atoms with Gasteiger partial charge in [0.15, 0.2) is 0 Å². The molecule has 29 heavy (non-hydrogen) atoms. The van der Waals surface area contributed by atoms with E-state index in [4.69, 9.17) is 0 Å². The van der Waals surface area contributed by atoms with Gasteiger partial charge in [-0.1, -0.05) is 0 Å². The minimum Gasteiger partial charge on any atom is -1.00 e. The molecule has 150 valence electrons. The summed E-state index contributed by atoms with van der Waals surface area (Å²) in [6.07, 6.45) is 0. The van der Waals surface area contributed by atoms with Crippen LogP contribution in [-0.2, 0) is 23.2 Å². The van der Waals surface area contributed by atoms with E-state index in [-0.39, 0.29) is 24.8 Å². The number of hydrogen-bond donors (Lipinski definition) is 0. The first-order chi connectivity index (χ1) is 12.8. The summed E-state index contributed by atoms with van der Waals surface area (Å²) in [5.74, 6) is 0. The molecule has 2 aliphatic carbocycles. The van der Waals surface area contributed by atoms with Gasteiger partial charge in [-0.15, -0.1) is 0 Å². The molecule has 1 heterocycles. The van der Waals surface area contributed by atoms with Gasteiger partial charge in [0.1, 0.15) is 0 Å². The molecule has 5 rings (SSSR count). The number of halogens is 2. The van der Waals surface area contributed by atoms with Crippen LogP contribution in [0.5, 0.6) is 0 Å². The smallest absolute Gasteiger partial charge is 1.00 e. The molecular formula is C24H28Cl2Si2Zr. The predicted molar refractivity (Wildman–Crippen MR) is 119 cm³/mol. The molecule has 4 bridgehead atoms. The fraction of sp³-hybridized carbons (Fsp3) is 0.333. The van der Waals surface area contributed by atoms with Crippen LogP contribution in [0.15, 0.2) is 59.7 Å². The zero-order valence-corrected chi connectivity index (χ0v) is 24.0. The van der Waals surface area contributed by atoms with E-state index in [9.17, 15) is 0 Å². The quantitative estimate of drug-likeness (QED) is 0.473. The Balaban J connectivity index is 0.00000120. The second-order valence-corrected chi connectivity index (χ2v) is 28.6. The zero-order valence-electron chi connectivity index (χ0n) is 18.0. The fourth-order valence-electron chi connectivity index (χ4n) is 5.93. The molecule has 0 radical (unpaired) electrons. The van der Waals surface area contributed by atoms with Crippen molar-refractivity contribution in [3.05, 3.63) is 81.9 Å². The van der Waals surface area contributed by atoms with E-state index in [0.29, 0.717) is 0 Å². The Morgan fingerprint density at radius 1 is 0.724 bits per heavy atom. The topological polar surface area (TPSA) is 0 Å². The van der Waals surface area contributed by atoms with Crippen LogP contribution in [0.2, 0.25) is 26.2 Å². The van der Waals surface area contributed by atoms with E-state index in [1.54, 1.807) is 33.4 Å². The molecule has 2 atom stereocenters. The standard InChI is InChI=1S/C24H28Si2.2ClH.Zr/c1-17-15-19-11-7-9-13-21(19)23(17)26(6,25(3,4)5)24-18(2)16-20-12-8-10-14-22(20)24;;;/h7-16H,1-6H3;2*1H;/q;;;+2/p-2. The Labute approximate surface area is 201 Å². The largest absolute Gasteiger partial charge is 1.00 e. The Hall–Kier alpha value is -0.183. The second kappa shape index (κ2) is 7.75. The van der Waals surface area contributed by atoms with Gasteiger partial charge >= 0.3 is 178 Å². The molecule has 0 saturated heterocycles. The monoisotopic (exact) mass is 532 g/mol. The summed E-state index contributed by atoms with van der Waals surface area (Å²) in [6.45, 7) is 15.7. The van der Waals surface area contributed by atoms with Crippen molar-refractivity contribution in [3.8, 4) is 0 Å². The van der Waals surface area contributed by atoms with Gasteiger partial charge in [0.2, 0.25) is 0 Å². The van der Waals surface area contributed by atoms with Gasteiger partial charge in [0.25, 0.3) is 0 Å². The summed E-state index contributed by atoms with van der Waals surface area (Å²) in [6, 6.07) is 19.0. The van der Waals surface area contributed by atoms with Gasteiger partial charge < -0.3 is 24.8 Å². The first kappa shape index (κ1) is 23.5. The molecule has 5 heteroatoms. The van der Waals surface area contributed by atoms with Gasteiger partial charge in [-0.25, -0.2) is 0 Å². The average Bonchev–Trinajstić information content (AvgIpc) is 3.08. The molecule has 0 nitrogen and oxygen atoms in total. The van der Waals surface area contributed by atoms with E-state index < -0.39 is 38.4 Å². The van der Waals surface area contributed by atoms with Crippen molar-refractivity contribution in [2.24, 2.45) is 0 Å². The van der Waals surface area contributed by atoms with E-state index in [0.717, 1.165) is 7.25 Å². The Bertz CT molecular complexity index is 975. The van der Waals surface area contributed by atoms with Crippen molar-refractivity contribution >= 4 is 25.6 Å². The van der Waals surface area contributed by atoms with Crippen LogP contribution in [-0.4, -0.2) is 15.2 Å². The summed E-state index contributed by atoms with van der Waals surface area (Å²) < 4.78 is 1.55. The van der Waals surface area contributed by atoms with Gasteiger partial charge in [-0.05, 0) is 0 Å². The van der Waals surface area contributed by atoms with Crippen LogP contribution in [0.4, 0.5) is 0 Å². The van der Waals surface area contributed by atoms with Crippen LogP contribution in [0.25, 0.3) is 10.4 Å². The van der Waals surface area contributed by atoms with Crippen LogP contribution in [0.1, 0.15) is 43.4 Å². The third-order valence-corrected chi connectivity index (χ3v) is 29.7. The average molecular weight is 535 g/mol. The molecule has 0 amide bonds. The Morgan fingerprint density at radius 3 is 1.48 bits per heavy atom. The molecule has 0 fully saturated rings. The second-order valence-electron chi connectivity index (χ2n) is 9.70.